The molecule has 0 amide bonds. The molecule has 0 spiro atoms. The SMILES string of the molecule is C=Cc1ccc(-c2c3ccccc3c(-c3c4ccccc4c(-c4ccc(CCCCCCCCCCCCCCCC)cc4)c4ccccc34)c3ccccc23)cc1. The second-order valence-electron chi connectivity index (χ2n) is 16.6. The first kappa shape index (κ1) is 39.4. The number of aryl methyl sites for hydroxylation is 1. The smallest absolute Gasteiger partial charge is 0.00139 e. The number of hydrogen-bond donors (Lipinski definition) is 0. The van der Waals surface area contributed by atoms with E-state index in [1.54, 1.807) is 0 Å². The molecule has 0 nitrogen and oxygen atoms in total. The molecule has 8 rings (SSSR count). The Labute approximate surface area is 347 Å². The summed E-state index contributed by atoms with van der Waals surface area (Å²) in [5.74, 6) is 0. The van der Waals surface area contributed by atoms with E-state index in [0.29, 0.717) is 0 Å². The van der Waals surface area contributed by atoms with Crippen molar-refractivity contribution in [3.63, 3.8) is 0 Å². The van der Waals surface area contributed by atoms with Gasteiger partial charge in [0.1, 0.15) is 0 Å². The molecule has 292 valence electrons. The summed E-state index contributed by atoms with van der Waals surface area (Å²) >= 11 is 0. The minimum absolute atomic E-state index is 1.13. The van der Waals surface area contributed by atoms with Gasteiger partial charge in [0.05, 0.1) is 0 Å². The quantitative estimate of drug-likeness (QED) is 0.0569. The van der Waals surface area contributed by atoms with Crippen LogP contribution < -0.4 is 0 Å². The molecule has 8 aromatic rings. The van der Waals surface area contributed by atoms with Crippen LogP contribution in [0.4, 0.5) is 0 Å². The first-order valence-electron chi connectivity index (χ1n) is 22.5. The van der Waals surface area contributed by atoms with Crippen LogP contribution in [-0.2, 0) is 6.42 Å². The second-order valence-corrected chi connectivity index (χ2v) is 16.6. The van der Waals surface area contributed by atoms with Crippen molar-refractivity contribution in [2.24, 2.45) is 0 Å². The Bertz CT molecular complexity index is 2490. The highest BCUT2D eigenvalue weighted by Crippen LogP contribution is 2.50. The van der Waals surface area contributed by atoms with E-state index in [9.17, 15) is 0 Å². The monoisotopic (exact) mass is 756 g/mol. The lowest BCUT2D eigenvalue weighted by atomic mass is 9.81. The first-order chi connectivity index (χ1) is 28.8. The highest BCUT2D eigenvalue weighted by molar-refractivity contribution is 6.29. The number of rotatable bonds is 19. The molecule has 0 unspecified atom stereocenters. The normalized spacial score (nSPS) is 11.6. The van der Waals surface area contributed by atoms with Crippen LogP contribution in [0.2, 0.25) is 0 Å². The summed E-state index contributed by atoms with van der Waals surface area (Å²) < 4.78 is 0. The summed E-state index contributed by atoms with van der Waals surface area (Å²) in [5, 5.41) is 10.3. The molecular weight excluding hydrogens is 697 g/mol. The molecule has 0 aromatic heterocycles. The molecule has 0 aliphatic carbocycles. The van der Waals surface area contributed by atoms with Gasteiger partial charge in [-0.15, -0.1) is 0 Å². The molecule has 0 aliphatic rings. The maximum atomic E-state index is 3.99. The minimum atomic E-state index is 1.13. The molecular formula is C58H60. The van der Waals surface area contributed by atoms with Crippen LogP contribution in [0, 0.1) is 0 Å². The maximum Gasteiger partial charge on any atom is -0.00139 e. The van der Waals surface area contributed by atoms with Crippen molar-refractivity contribution in [2.75, 3.05) is 0 Å². The number of benzene rings is 8. The lowest BCUT2D eigenvalue weighted by Crippen LogP contribution is -1.95. The van der Waals surface area contributed by atoms with Crippen LogP contribution in [0.15, 0.2) is 152 Å². The highest BCUT2D eigenvalue weighted by Gasteiger charge is 2.22. The highest BCUT2D eigenvalue weighted by atomic mass is 14.2. The molecule has 8 aromatic carbocycles. The van der Waals surface area contributed by atoms with E-state index in [1.807, 2.05) is 6.08 Å². The van der Waals surface area contributed by atoms with Crippen LogP contribution in [-0.4, -0.2) is 0 Å². The fraction of sp³-hybridized carbons (Fsp3) is 0.276. The van der Waals surface area contributed by atoms with Gasteiger partial charge in [0, 0.05) is 0 Å². The van der Waals surface area contributed by atoms with Crippen LogP contribution in [0.5, 0.6) is 0 Å². The van der Waals surface area contributed by atoms with E-state index >= 15 is 0 Å². The van der Waals surface area contributed by atoms with Crippen molar-refractivity contribution in [1.29, 1.82) is 0 Å². The third kappa shape index (κ3) is 8.54. The Balaban J connectivity index is 1.07. The molecule has 0 bridgehead atoms. The van der Waals surface area contributed by atoms with Gasteiger partial charge in [-0.1, -0.05) is 249 Å². The molecule has 0 atom stereocenters. The number of hydrogen-bond acceptors (Lipinski definition) is 0. The van der Waals surface area contributed by atoms with E-state index < -0.39 is 0 Å². The molecule has 0 fully saturated rings. The van der Waals surface area contributed by atoms with E-state index in [0.717, 1.165) is 12.0 Å². The lowest BCUT2D eigenvalue weighted by Gasteiger charge is -2.22. The van der Waals surface area contributed by atoms with E-state index in [1.165, 1.54) is 172 Å². The topological polar surface area (TPSA) is 0 Å². The van der Waals surface area contributed by atoms with Crippen LogP contribution in [0.1, 0.15) is 108 Å². The average molecular weight is 757 g/mol. The Morgan fingerprint density at radius 3 is 0.948 bits per heavy atom. The summed E-state index contributed by atoms with van der Waals surface area (Å²) in [5.41, 5.74) is 10.3. The van der Waals surface area contributed by atoms with Crippen molar-refractivity contribution >= 4 is 49.2 Å². The van der Waals surface area contributed by atoms with Gasteiger partial charge in [0.15, 0.2) is 0 Å². The van der Waals surface area contributed by atoms with Crippen molar-refractivity contribution in [1.82, 2.24) is 0 Å². The van der Waals surface area contributed by atoms with E-state index in [2.05, 4.69) is 159 Å². The minimum Gasteiger partial charge on any atom is -0.0985 e. The van der Waals surface area contributed by atoms with Gasteiger partial charge in [-0.25, -0.2) is 0 Å². The first-order valence-corrected chi connectivity index (χ1v) is 22.5. The molecule has 58 heavy (non-hydrogen) atoms. The number of unbranched alkanes of at least 4 members (excludes halogenated alkanes) is 13. The molecule has 0 saturated carbocycles. The Kier molecular flexibility index (Phi) is 13.1. The fourth-order valence-corrected chi connectivity index (χ4v) is 9.57. The summed E-state index contributed by atoms with van der Waals surface area (Å²) in [7, 11) is 0. The molecule has 0 heteroatoms. The summed E-state index contributed by atoms with van der Waals surface area (Å²) in [4.78, 5) is 0. The van der Waals surface area contributed by atoms with Gasteiger partial charge in [0.25, 0.3) is 0 Å². The Morgan fingerprint density at radius 2 is 0.621 bits per heavy atom. The van der Waals surface area contributed by atoms with Crippen molar-refractivity contribution in [2.45, 2.75) is 103 Å². The van der Waals surface area contributed by atoms with Crippen LogP contribution >= 0.6 is 0 Å². The van der Waals surface area contributed by atoms with Crippen molar-refractivity contribution in [3.05, 3.63) is 163 Å². The summed E-state index contributed by atoms with van der Waals surface area (Å²) in [6, 6.07) is 54.6. The van der Waals surface area contributed by atoms with Gasteiger partial charge >= 0.3 is 0 Å². The molecule has 0 heterocycles. The van der Waals surface area contributed by atoms with Crippen molar-refractivity contribution < 1.29 is 0 Å². The third-order valence-corrected chi connectivity index (χ3v) is 12.6. The van der Waals surface area contributed by atoms with Gasteiger partial charge in [-0.3, -0.25) is 0 Å². The van der Waals surface area contributed by atoms with Gasteiger partial charge in [-0.2, -0.15) is 0 Å². The summed E-state index contributed by atoms with van der Waals surface area (Å²) in [6.07, 6.45) is 22.7. The predicted molar refractivity (Wildman–Crippen MR) is 257 cm³/mol. The maximum absolute atomic E-state index is 3.99. The largest absolute Gasteiger partial charge is 0.0985 e. The van der Waals surface area contributed by atoms with Gasteiger partial charge < -0.3 is 0 Å². The second kappa shape index (κ2) is 19.3. The number of fused-ring (bicyclic) bond motifs is 4. The Hall–Kier alpha value is -5.46. The van der Waals surface area contributed by atoms with Crippen LogP contribution in [0.25, 0.3) is 82.5 Å². The van der Waals surface area contributed by atoms with Crippen molar-refractivity contribution in [3.8, 4) is 33.4 Å². The summed E-state index contributed by atoms with van der Waals surface area (Å²) in [6.45, 7) is 6.29. The zero-order valence-electron chi connectivity index (χ0n) is 34.7. The fourth-order valence-electron chi connectivity index (χ4n) is 9.57. The van der Waals surface area contributed by atoms with E-state index in [-0.39, 0.29) is 0 Å². The molecule has 0 N–H and O–H groups in total. The van der Waals surface area contributed by atoms with Gasteiger partial charge in [0.2, 0.25) is 0 Å². The lowest BCUT2D eigenvalue weighted by molar-refractivity contribution is 0.535. The zero-order chi connectivity index (χ0) is 39.5. The molecule has 0 saturated heterocycles. The average Bonchev–Trinajstić information content (AvgIpc) is 3.28. The molecule has 0 radical (unpaired) electrons. The predicted octanol–water partition coefficient (Wildman–Crippen LogP) is 18.0. The van der Waals surface area contributed by atoms with E-state index in [4.69, 9.17) is 0 Å². The third-order valence-electron chi connectivity index (χ3n) is 12.6. The zero-order valence-corrected chi connectivity index (χ0v) is 34.7. The van der Waals surface area contributed by atoms with Gasteiger partial charge in [-0.05, 0) is 100 Å². The standard InChI is InChI=1S/C58H60/c1-3-5-6-7-8-9-10-11-12-13-14-15-16-17-26-44-37-41-46(42-38-44)56-49-29-20-24-33-53(49)58(54-34-25-21-30-50(54)56)57-51-31-22-18-27-47(51)55(48-28-19-23-32-52(48)57)45-39-35-43(4-2)36-40-45/h4,18-25,27-42H,2-3,5-17,26H2,1H3. The Morgan fingerprint density at radius 1 is 0.328 bits per heavy atom. The van der Waals surface area contributed by atoms with Crippen LogP contribution in [0.3, 0.4) is 0 Å². The molecule has 0 aliphatic heterocycles.